The quantitative estimate of drug-likeness (QED) is 0.839. The lowest BCUT2D eigenvalue weighted by molar-refractivity contribution is -0.146. The molecule has 0 saturated heterocycles. The molecule has 1 saturated carbocycles. The maximum absolute atomic E-state index is 11.9. The highest BCUT2D eigenvalue weighted by atomic mass is 35.5. The number of carbonyl (C=O) groups is 2. The maximum atomic E-state index is 11.9. The molecule has 1 aliphatic rings. The van der Waals surface area contributed by atoms with E-state index in [1.165, 1.54) is 6.08 Å². The molecule has 4 nitrogen and oxygen atoms in total. The van der Waals surface area contributed by atoms with E-state index in [4.69, 9.17) is 11.6 Å². The zero-order chi connectivity index (χ0) is 14.6. The third kappa shape index (κ3) is 3.20. The molecular formula is C15H16ClNO3. The van der Waals surface area contributed by atoms with Gasteiger partial charge in [-0.05, 0) is 30.5 Å². The van der Waals surface area contributed by atoms with Gasteiger partial charge in [-0.2, -0.15) is 0 Å². The molecule has 1 aromatic rings. The van der Waals surface area contributed by atoms with E-state index < -0.39 is 17.4 Å². The van der Waals surface area contributed by atoms with Crippen molar-refractivity contribution in [1.29, 1.82) is 0 Å². The van der Waals surface area contributed by atoms with Crippen LogP contribution in [0.5, 0.6) is 0 Å². The molecule has 0 atom stereocenters. The minimum Gasteiger partial charge on any atom is -0.480 e. The van der Waals surface area contributed by atoms with Gasteiger partial charge in [-0.25, -0.2) is 4.79 Å². The van der Waals surface area contributed by atoms with Crippen molar-refractivity contribution >= 4 is 29.6 Å². The van der Waals surface area contributed by atoms with Gasteiger partial charge in [0.25, 0.3) is 0 Å². The van der Waals surface area contributed by atoms with Crippen molar-refractivity contribution < 1.29 is 14.7 Å². The first-order chi connectivity index (χ1) is 9.53. The van der Waals surface area contributed by atoms with Crippen molar-refractivity contribution in [3.8, 4) is 0 Å². The Kier molecular flexibility index (Phi) is 4.45. The van der Waals surface area contributed by atoms with E-state index in [0.717, 1.165) is 18.4 Å². The SMILES string of the molecule is O=C(/C=C/c1ccccc1Cl)NC1(C(=O)O)CCCC1. The Morgan fingerprint density at radius 2 is 1.90 bits per heavy atom. The number of benzene rings is 1. The molecule has 0 aliphatic heterocycles. The Balaban J connectivity index is 2.05. The van der Waals surface area contributed by atoms with Crippen LogP contribution in [0, 0.1) is 0 Å². The van der Waals surface area contributed by atoms with Crippen LogP contribution in [0.3, 0.4) is 0 Å². The molecule has 106 valence electrons. The molecule has 5 heteroatoms. The lowest BCUT2D eigenvalue weighted by Crippen LogP contribution is -2.52. The molecule has 0 unspecified atom stereocenters. The van der Waals surface area contributed by atoms with Gasteiger partial charge in [-0.15, -0.1) is 0 Å². The highest BCUT2D eigenvalue weighted by Crippen LogP contribution is 2.29. The molecule has 0 spiro atoms. The Morgan fingerprint density at radius 3 is 2.50 bits per heavy atom. The molecule has 2 N–H and O–H groups in total. The van der Waals surface area contributed by atoms with Gasteiger partial charge in [0.15, 0.2) is 0 Å². The summed E-state index contributed by atoms with van der Waals surface area (Å²) in [5.74, 6) is -1.37. The second-order valence-electron chi connectivity index (χ2n) is 4.94. The molecule has 2 rings (SSSR count). The third-order valence-electron chi connectivity index (χ3n) is 3.55. The van der Waals surface area contributed by atoms with E-state index in [2.05, 4.69) is 5.32 Å². The van der Waals surface area contributed by atoms with Crippen LogP contribution >= 0.6 is 11.6 Å². The van der Waals surface area contributed by atoms with E-state index in [-0.39, 0.29) is 0 Å². The van der Waals surface area contributed by atoms with Crippen molar-refractivity contribution in [2.24, 2.45) is 0 Å². The molecule has 1 aliphatic carbocycles. The normalized spacial score (nSPS) is 17.2. The monoisotopic (exact) mass is 293 g/mol. The Bertz CT molecular complexity index is 548. The molecule has 20 heavy (non-hydrogen) atoms. The summed E-state index contributed by atoms with van der Waals surface area (Å²) in [5, 5.41) is 12.4. The summed E-state index contributed by atoms with van der Waals surface area (Å²) in [7, 11) is 0. The number of hydrogen-bond acceptors (Lipinski definition) is 2. The van der Waals surface area contributed by atoms with Crippen LogP contribution in [0.2, 0.25) is 5.02 Å². The standard InChI is InChI=1S/C15H16ClNO3/c16-12-6-2-1-5-11(12)7-8-13(18)17-15(14(19)20)9-3-4-10-15/h1-2,5-8H,3-4,9-10H2,(H,17,18)(H,19,20)/b8-7+. The van der Waals surface area contributed by atoms with Crippen molar-refractivity contribution in [1.82, 2.24) is 5.32 Å². The van der Waals surface area contributed by atoms with Crippen molar-refractivity contribution in [3.63, 3.8) is 0 Å². The number of aliphatic carboxylic acids is 1. The van der Waals surface area contributed by atoms with E-state index in [0.29, 0.717) is 17.9 Å². The number of carbonyl (C=O) groups excluding carboxylic acids is 1. The molecule has 0 aromatic heterocycles. The topological polar surface area (TPSA) is 66.4 Å². The molecule has 0 radical (unpaired) electrons. The van der Waals surface area contributed by atoms with Crippen LogP contribution in [0.1, 0.15) is 31.2 Å². The predicted octanol–water partition coefficient (Wildman–Crippen LogP) is 2.87. The molecule has 0 heterocycles. The third-order valence-corrected chi connectivity index (χ3v) is 3.89. The van der Waals surface area contributed by atoms with Crippen LogP contribution in [0.4, 0.5) is 0 Å². The lowest BCUT2D eigenvalue weighted by atomic mass is 9.98. The number of rotatable bonds is 4. The van der Waals surface area contributed by atoms with Gasteiger partial charge in [-0.3, -0.25) is 4.79 Å². The predicted molar refractivity (Wildman–Crippen MR) is 77.5 cm³/mol. The largest absolute Gasteiger partial charge is 0.480 e. The number of amides is 1. The lowest BCUT2D eigenvalue weighted by Gasteiger charge is -2.24. The number of halogens is 1. The molecule has 1 amide bonds. The summed E-state index contributed by atoms with van der Waals surface area (Å²) >= 11 is 5.98. The first-order valence-corrected chi connectivity index (χ1v) is 6.89. The van der Waals surface area contributed by atoms with Crippen LogP contribution in [0.25, 0.3) is 6.08 Å². The second kappa shape index (κ2) is 6.09. The summed E-state index contributed by atoms with van der Waals surface area (Å²) in [6.07, 6.45) is 5.51. The van der Waals surface area contributed by atoms with Gasteiger partial charge in [0.05, 0.1) is 0 Å². The Hall–Kier alpha value is -1.81. The summed E-state index contributed by atoms with van der Waals surface area (Å²) < 4.78 is 0. The summed E-state index contributed by atoms with van der Waals surface area (Å²) in [6.45, 7) is 0. The minimum atomic E-state index is -1.11. The summed E-state index contributed by atoms with van der Waals surface area (Å²) in [6, 6.07) is 7.14. The van der Waals surface area contributed by atoms with E-state index >= 15 is 0 Å². The highest BCUT2D eigenvalue weighted by Gasteiger charge is 2.42. The minimum absolute atomic E-state index is 0.408. The van der Waals surface area contributed by atoms with E-state index in [1.54, 1.807) is 24.3 Å². The average molecular weight is 294 g/mol. The summed E-state index contributed by atoms with van der Waals surface area (Å²) in [5.41, 5.74) is -0.387. The van der Waals surface area contributed by atoms with Gasteiger partial charge >= 0.3 is 5.97 Å². The van der Waals surface area contributed by atoms with Gasteiger partial charge in [0, 0.05) is 11.1 Å². The number of nitrogens with one attached hydrogen (secondary N) is 1. The smallest absolute Gasteiger partial charge is 0.329 e. The van der Waals surface area contributed by atoms with Crippen LogP contribution in [-0.2, 0) is 9.59 Å². The average Bonchev–Trinajstić information content (AvgIpc) is 2.88. The fraction of sp³-hybridized carbons (Fsp3) is 0.333. The van der Waals surface area contributed by atoms with Crippen molar-refractivity contribution in [2.75, 3.05) is 0 Å². The Labute approximate surface area is 122 Å². The fourth-order valence-electron chi connectivity index (χ4n) is 2.42. The van der Waals surface area contributed by atoms with Gasteiger partial charge < -0.3 is 10.4 Å². The van der Waals surface area contributed by atoms with Crippen molar-refractivity contribution in [3.05, 3.63) is 40.9 Å². The first kappa shape index (κ1) is 14.6. The van der Waals surface area contributed by atoms with Crippen molar-refractivity contribution in [2.45, 2.75) is 31.2 Å². The summed E-state index contributed by atoms with van der Waals surface area (Å²) in [4.78, 5) is 23.2. The van der Waals surface area contributed by atoms with Gasteiger partial charge in [0.2, 0.25) is 5.91 Å². The highest BCUT2D eigenvalue weighted by molar-refractivity contribution is 6.32. The molecule has 0 bridgehead atoms. The number of carboxylic acid groups (broad SMARTS) is 1. The van der Waals surface area contributed by atoms with Crippen LogP contribution in [-0.4, -0.2) is 22.5 Å². The first-order valence-electron chi connectivity index (χ1n) is 6.52. The van der Waals surface area contributed by atoms with E-state index in [9.17, 15) is 14.7 Å². The van der Waals surface area contributed by atoms with Gasteiger partial charge in [-0.1, -0.05) is 42.6 Å². The van der Waals surface area contributed by atoms with Gasteiger partial charge in [0.1, 0.15) is 5.54 Å². The fourth-order valence-corrected chi connectivity index (χ4v) is 2.62. The Morgan fingerprint density at radius 1 is 1.25 bits per heavy atom. The van der Waals surface area contributed by atoms with Crippen LogP contribution < -0.4 is 5.32 Å². The van der Waals surface area contributed by atoms with Crippen LogP contribution in [0.15, 0.2) is 30.3 Å². The molecular weight excluding hydrogens is 278 g/mol. The number of carboxylic acids is 1. The second-order valence-corrected chi connectivity index (χ2v) is 5.35. The zero-order valence-corrected chi connectivity index (χ0v) is 11.7. The molecule has 1 fully saturated rings. The number of hydrogen-bond donors (Lipinski definition) is 2. The maximum Gasteiger partial charge on any atom is 0.329 e. The molecule has 1 aromatic carbocycles. The van der Waals surface area contributed by atoms with E-state index in [1.807, 2.05) is 6.07 Å². The zero-order valence-electron chi connectivity index (χ0n) is 10.9.